The van der Waals surface area contributed by atoms with Crippen LogP contribution in [-0.4, -0.2) is 26.0 Å². The molecule has 0 unspecified atom stereocenters. The fourth-order valence-corrected chi connectivity index (χ4v) is 2.01. The lowest BCUT2D eigenvalue weighted by Gasteiger charge is -2.19. The number of fused-ring (bicyclic) bond motifs is 1. The molecule has 0 atom stereocenters. The molecule has 0 aliphatic heterocycles. The summed E-state index contributed by atoms with van der Waals surface area (Å²) in [5, 5.41) is 5.46. The topological polar surface area (TPSA) is 105 Å². The summed E-state index contributed by atoms with van der Waals surface area (Å²) in [6, 6.07) is 1.44. The highest BCUT2D eigenvalue weighted by atomic mass is 35.5. The monoisotopic (exact) mass is 349 g/mol. The first-order valence-corrected chi connectivity index (χ1v) is 6.35. The molecule has 0 bridgehead atoms. The second-order valence-corrected chi connectivity index (χ2v) is 5.48. The predicted octanol–water partition coefficient (Wildman–Crippen LogP) is 0.837. The molecule has 9 heteroatoms. The molecule has 2 aromatic rings. The van der Waals surface area contributed by atoms with Crippen LogP contribution < -0.4 is 16.6 Å². The van der Waals surface area contributed by atoms with Crippen molar-refractivity contribution in [2.24, 2.45) is 5.73 Å². The van der Waals surface area contributed by atoms with E-state index in [9.17, 15) is 9.59 Å². The highest BCUT2D eigenvalue weighted by Gasteiger charge is 2.22. The van der Waals surface area contributed by atoms with E-state index < -0.39 is 5.54 Å². The number of aromatic nitrogens is 3. The fraction of sp³-hybridized carbons (Fsp3) is 0.462. The van der Waals surface area contributed by atoms with E-state index in [4.69, 9.17) is 5.73 Å². The SMILES string of the molecule is Cc1nc2cc(=O)[nH]n2c(C)c1CNC(=O)C(C)(C)N.Cl.Cl. The first-order chi connectivity index (χ1) is 9.20. The summed E-state index contributed by atoms with van der Waals surface area (Å²) >= 11 is 0. The van der Waals surface area contributed by atoms with Crippen LogP contribution in [0, 0.1) is 13.8 Å². The van der Waals surface area contributed by atoms with Gasteiger partial charge in [0.25, 0.3) is 5.56 Å². The van der Waals surface area contributed by atoms with E-state index in [1.54, 1.807) is 18.4 Å². The van der Waals surface area contributed by atoms with Gasteiger partial charge in [-0.25, -0.2) is 9.50 Å². The molecule has 4 N–H and O–H groups in total. The summed E-state index contributed by atoms with van der Waals surface area (Å²) in [5.41, 5.74) is 7.64. The van der Waals surface area contributed by atoms with E-state index in [1.165, 1.54) is 6.07 Å². The van der Waals surface area contributed by atoms with Gasteiger partial charge in [-0.1, -0.05) is 0 Å². The minimum Gasteiger partial charge on any atom is -0.350 e. The van der Waals surface area contributed by atoms with Crippen molar-refractivity contribution < 1.29 is 4.79 Å². The molecule has 0 saturated heterocycles. The lowest BCUT2D eigenvalue weighted by molar-refractivity contribution is -0.125. The molecule has 0 aliphatic carbocycles. The van der Waals surface area contributed by atoms with Crippen molar-refractivity contribution in [3.63, 3.8) is 0 Å². The Bertz CT molecular complexity index is 730. The van der Waals surface area contributed by atoms with Crippen LogP contribution >= 0.6 is 24.8 Å². The molecule has 2 aromatic heterocycles. The van der Waals surface area contributed by atoms with Crippen LogP contribution in [0.4, 0.5) is 0 Å². The lowest BCUT2D eigenvalue weighted by Crippen LogP contribution is -2.48. The smallest absolute Gasteiger partial charge is 0.266 e. The molecule has 22 heavy (non-hydrogen) atoms. The second kappa shape index (κ2) is 7.13. The van der Waals surface area contributed by atoms with Crippen molar-refractivity contribution in [1.29, 1.82) is 0 Å². The number of aryl methyl sites for hydroxylation is 2. The van der Waals surface area contributed by atoms with Crippen LogP contribution in [0.2, 0.25) is 0 Å². The zero-order valence-corrected chi connectivity index (χ0v) is 14.5. The summed E-state index contributed by atoms with van der Waals surface area (Å²) in [4.78, 5) is 27.5. The summed E-state index contributed by atoms with van der Waals surface area (Å²) < 4.78 is 1.62. The van der Waals surface area contributed by atoms with Crippen LogP contribution in [0.5, 0.6) is 0 Å². The third-order valence-electron chi connectivity index (χ3n) is 3.21. The van der Waals surface area contributed by atoms with Gasteiger partial charge in [-0.3, -0.25) is 14.7 Å². The van der Waals surface area contributed by atoms with Crippen LogP contribution in [0.25, 0.3) is 5.65 Å². The van der Waals surface area contributed by atoms with E-state index in [2.05, 4.69) is 15.4 Å². The quantitative estimate of drug-likeness (QED) is 0.763. The van der Waals surface area contributed by atoms with Gasteiger partial charge in [-0.05, 0) is 27.7 Å². The second-order valence-electron chi connectivity index (χ2n) is 5.48. The van der Waals surface area contributed by atoms with Crippen molar-refractivity contribution in [3.05, 3.63) is 33.4 Å². The molecular formula is C13H21Cl2N5O2. The molecular weight excluding hydrogens is 329 g/mol. The molecule has 0 saturated carbocycles. The third kappa shape index (κ3) is 4.00. The zero-order chi connectivity index (χ0) is 15.1. The van der Waals surface area contributed by atoms with Crippen molar-refractivity contribution >= 4 is 36.4 Å². The number of nitrogens with zero attached hydrogens (tertiary/aromatic N) is 2. The summed E-state index contributed by atoms with van der Waals surface area (Å²) in [7, 11) is 0. The van der Waals surface area contributed by atoms with Crippen LogP contribution in [0.3, 0.4) is 0 Å². The predicted molar refractivity (Wildman–Crippen MR) is 89.9 cm³/mol. The Labute approximate surface area is 140 Å². The average Bonchev–Trinajstić information content (AvgIpc) is 2.68. The molecule has 0 spiro atoms. The van der Waals surface area contributed by atoms with E-state index in [-0.39, 0.29) is 36.3 Å². The van der Waals surface area contributed by atoms with Gasteiger partial charge >= 0.3 is 0 Å². The van der Waals surface area contributed by atoms with Crippen LogP contribution in [0.15, 0.2) is 10.9 Å². The van der Waals surface area contributed by atoms with Crippen molar-refractivity contribution in [2.45, 2.75) is 39.8 Å². The van der Waals surface area contributed by atoms with Crippen molar-refractivity contribution in [2.75, 3.05) is 0 Å². The summed E-state index contributed by atoms with van der Waals surface area (Å²) in [5.74, 6) is -0.239. The number of H-pyrrole nitrogens is 1. The lowest BCUT2D eigenvalue weighted by atomic mass is 10.1. The van der Waals surface area contributed by atoms with E-state index in [0.717, 1.165) is 17.0 Å². The number of halogens is 2. The van der Waals surface area contributed by atoms with Gasteiger partial charge in [0.1, 0.15) is 0 Å². The molecule has 1 amide bonds. The molecule has 0 fully saturated rings. The Morgan fingerprint density at radius 2 is 2.00 bits per heavy atom. The van der Waals surface area contributed by atoms with E-state index in [1.807, 2.05) is 13.8 Å². The van der Waals surface area contributed by atoms with Crippen molar-refractivity contribution in [3.8, 4) is 0 Å². The number of hydrogen-bond acceptors (Lipinski definition) is 4. The van der Waals surface area contributed by atoms with Gasteiger partial charge in [-0.2, -0.15) is 0 Å². The molecule has 124 valence electrons. The first kappa shape index (κ1) is 20.4. The number of rotatable bonds is 3. The molecule has 7 nitrogen and oxygen atoms in total. The van der Waals surface area contributed by atoms with Gasteiger partial charge in [0, 0.05) is 29.6 Å². The minimum atomic E-state index is -0.929. The Morgan fingerprint density at radius 1 is 1.41 bits per heavy atom. The maximum absolute atomic E-state index is 11.8. The van der Waals surface area contributed by atoms with Gasteiger partial charge in [-0.15, -0.1) is 24.8 Å². The maximum atomic E-state index is 11.8. The van der Waals surface area contributed by atoms with Crippen molar-refractivity contribution in [1.82, 2.24) is 19.9 Å². The van der Waals surface area contributed by atoms with Gasteiger partial charge in [0.2, 0.25) is 5.91 Å². The standard InChI is InChI=1S/C13H19N5O2.2ClH/c1-7-9(6-15-12(20)13(3,4)14)8(2)18-10(16-7)5-11(19)17-18;;/h5H,6,14H2,1-4H3,(H,15,20)(H,17,19);2*1H. The number of nitrogens with one attached hydrogen (secondary N) is 2. The number of nitrogens with two attached hydrogens (primary N) is 1. The minimum absolute atomic E-state index is 0. The van der Waals surface area contributed by atoms with Gasteiger partial charge < -0.3 is 11.1 Å². The molecule has 0 aliphatic rings. The number of hydrogen-bond donors (Lipinski definition) is 3. The number of carbonyl (C=O) groups excluding carboxylic acids is 1. The fourth-order valence-electron chi connectivity index (χ4n) is 2.01. The van der Waals surface area contributed by atoms with Crippen LogP contribution in [0.1, 0.15) is 30.8 Å². The Balaban J connectivity index is 0.00000220. The number of aromatic amines is 1. The first-order valence-electron chi connectivity index (χ1n) is 6.35. The van der Waals surface area contributed by atoms with Gasteiger partial charge in [0.05, 0.1) is 5.54 Å². The molecule has 2 rings (SSSR count). The normalized spacial score (nSPS) is 10.8. The number of carbonyl (C=O) groups is 1. The summed E-state index contributed by atoms with van der Waals surface area (Å²) in [6.45, 7) is 7.33. The maximum Gasteiger partial charge on any atom is 0.266 e. The number of amides is 1. The highest BCUT2D eigenvalue weighted by Crippen LogP contribution is 2.13. The Kier molecular flexibility index (Phi) is 6.62. The zero-order valence-electron chi connectivity index (χ0n) is 12.9. The molecule has 0 aromatic carbocycles. The summed E-state index contributed by atoms with van der Waals surface area (Å²) in [6.07, 6.45) is 0. The van der Waals surface area contributed by atoms with E-state index >= 15 is 0 Å². The largest absolute Gasteiger partial charge is 0.350 e. The Hall–Kier alpha value is -1.57. The third-order valence-corrected chi connectivity index (χ3v) is 3.21. The molecule has 2 heterocycles. The Morgan fingerprint density at radius 3 is 2.55 bits per heavy atom. The van der Waals surface area contributed by atoms with Crippen LogP contribution in [-0.2, 0) is 11.3 Å². The average molecular weight is 350 g/mol. The highest BCUT2D eigenvalue weighted by molar-refractivity contribution is 5.86. The van der Waals surface area contributed by atoms with Gasteiger partial charge in [0.15, 0.2) is 5.65 Å². The molecule has 0 radical (unpaired) electrons. The van der Waals surface area contributed by atoms with E-state index in [0.29, 0.717) is 12.2 Å².